The van der Waals surface area contributed by atoms with Gasteiger partial charge in [0.25, 0.3) is 0 Å². The van der Waals surface area contributed by atoms with E-state index in [0.717, 1.165) is 9.80 Å². The third-order valence-electron chi connectivity index (χ3n) is 16.1. The van der Waals surface area contributed by atoms with Crippen molar-refractivity contribution in [2.75, 3.05) is 55.9 Å². The Kier molecular flexibility index (Phi) is 31.5. The summed E-state index contributed by atoms with van der Waals surface area (Å²) in [5.74, 6) is -9.71. The van der Waals surface area contributed by atoms with Gasteiger partial charge in [-0.1, -0.05) is 109 Å². The van der Waals surface area contributed by atoms with Crippen LogP contribution in [0.2, 0.25) is 0 Å². The molecule has 0 radical (unpaired) electrons. The van der Waals surface area contributed by atoms with Gasteiger partial charge in [-0.2, -0.15) is 0 Å². The standard InChI is InChI=1S/C62H111N11O12/c1-25-27-28-40(15)52(75)51-56(79)65-43(26-2)58(81)67(18)33-48(74)68(19)44(29-34(3)4)55(78)66-49(38(11)12)61(84)69(20)45(30-35(5)6)54(77)63-41(16)53(76)64-42(17)57(80)70(21)46(31-36(7)8)59(82)71(22)47(32-37(9)10)60(83)72(23)50(39(13)14)62(85)73(51)24/h25,27,34-47,49-52,75H,26,28-33H2,1-24H3,(H,63,77)(H,64,76)(H,65,79)(H,66,78)/b27-25-/t40-,41-,42+,43-,44+,45+,46-,47-,49?,50?,51?,52?/m1/s1. The summed E-state index contributed by atoms with van der Waals surface area (Å²) in [4.78, 5) is 169. The van der Waals surface area contributed by atoms with Crippen LogP contribution in [-0.4, -0.2) is 227 Å². The summed E-state index contributed by atoms with van der Waals surface area (Å²) in [5, 5.41) is 23.1. The number of hydrogen-bond donors (Lipinski definition) is 5. The second-order valence-corrected chi connectivity index (χ2v) is 26.1. The number of likely N-dealkylation sites (N-methyl/N-ethyl adjacent to an activating group) is 7. The van der Waals surface area contributed by atoms with Gasteiger partial charge in [-0.15, -0.1) is 0 Å². The molecule has 1 heterocycles. The van der Waals surface area contributed by atoms with Crippen molar-refractivity contribution in [2.45, 2.75) is 223 Å². The van der Waals surface area contributed by atoms with Gasteiger partial charge in [-0.25, -0.2) is 0 Å². The lowest BCUT2D eigenvalue weighted by atomic mass is 9.91. The Balaban J connectivity index is 4.32. The summed E-state index contributed by atoms with van der Waals surface area (Å²) in [6, 6.07) is -12.3. The highest BCUT2D eigenvalue weighted by molar-refractivity contribution is 5.99. The first-order valence-electron chi connectivity index (χ1n) is 30.6. The van der Waals surface area contributed by atoms with Crippen LogP contribution in [0.25, 0.3) is 0 Å². The third-order valence-corrected chi connectivity index (χ3v) is 16.1. The molecule has 1 rings (SSSR count). The van der Waals surface area contributed by atoms with Crippen LogP contribution in [0.3, 0.4) is 0 Å². The summed E-state index contributed by atoms with van der Waals surface area (Å²) >= 11 is 0. The topological polar surface area (TPSA) is 279 Å². The van der Waals surface area contributed by atoms with E-state index in [1.54, 1.807) is 54.5 Å². The molecule has 1 saturated heterocycles. The summed E-state index contributed by atoms with van der Waals surface area (Å²) < 4.78 is 0. The minimum atomic E-state index is -1.61. The predicted octanol–water partition coefficient (Wildman–Crippen LogP) is 3.27. The Morgan fingerprint density at radius 2 is 0.871 bits per heavy atom. The van der Waals surface area contributed by atoms with Gasteiger partial charge >= 0.3 is 0 Å². The van der Waals surface area contributed by atoms with Crippen LogP contribution in [0.1, 0.15) is 156 Å². The third kappa shape index (κ3) is 21.7. The van der Waals surface area contributed by atoms with E-state index in [0.29, 0.717) is 6.42 Å². The summed E-state index contributed by atoms with van der Waals surface area (Å²) in [6.07, 6.45) is 3.04. The van der Waals surface area contributed by atoms with E-state index in [9.17, 15) is 48.3 Å². The van der Waals surface area contributed by atoms with E-state index < -0.39 is 156 Å². The summed E-state index contributed by atoms with van der Waals surface area (Å²) in [6.45, 7) is 29.3. The quantitative estimate of drug-likeness (QED) is 0.148. The van der Waals surface area contributed by atoms with Crippen molar-refractivity contribution in [3.63, 3.8) is 0 Å². The van der Waals surface area contributed by atoms with E-state index in [-0.39, 0.29) is 55.8 Å². The summed E-state index contributed by atoms with van der Waals surface area (Å²) in [7, 11) is 9.92. The fourth-order valence-corrected chi connectivity index (χ4v) is 10.7. The molecule has 4 unspecified atom stereocenters. The highest BCUT2D eigenvalue weighted by atomic mass is 16.3. The van der Waals surface area contributed by atoms with Crippen LogP contribution < -0.4 is 21.3 Å². The fourth-order valence-electron chi connectivity index (χ4n) is 10.7. The lowest BCUT2D eigenvalue weighted by Crippen LogP contribution is -2.63. The van der Waals surface area contributed by atoms with Crippen molar-refractivity contribution >= 4 is 65.0 Å². The number of hydrogen-bond acceptors (Lipinski definition) is 12. The van der Waals surface area contributed by atoms with Crippen molar-refractivity contribution in [3.05, 3.63) is 12.2 Å². The van der Waals surface area contributed by atoms with E-state index in [1.807, 2.05) is 61.5 Å². The molecule has 85 heavy (non-hydrogen) atoms. The Bertz CT molecular complexity index is 2330. The smallest absolute Gasteiger partial charge is 0.246 e. The number of nitrogens with one attached hydrogen (secondary N) is 4. The minimum absolute atomic E-state index is 0.0229. The molecule has 0 aromatic heterocycles. The molecule has 1 aliphatic rings. The minimum Gasteiger partial charge on any atom is -0.390 e. The zero-order valence-electron chi connectivity index (χ0n) is 56.1. The van der Waals surface area contributed by atoms with Crippen LogP contribution in [0.15, 0.2) is 12.2 Å². The number of aliphatic hydroxyl groups is 1. The van der Waals surface area contributed by atoms with Crippen LogP contribution in [-0.2, 0) is 52.7 Å². The van der Waals surface area contributed by atoms with E-state index in [2.05, 4.69) is 21.3 Å². The normalized spacial score (nSPS) is 26.9. The highest BCUT2D eigenvalue weighted by Crippen LogP contribution is 2.26. The molecule has 0 saturated carbocycles. The SMILES string of the molecule is C/C=C\C[C@@H](C)C(O)C1C(=O)N[C@H](CC)C(=O)N(C)CC(=O)N(C)[C@@H](CC(C)C)C(=O)NC(C(C)C)C(=O)N(C)[C@@H](CC(C)C)C(=O)N[C@H](C)C(=O)N[C@@H](C)C(=O)N(C)[C@H](CC(C)C)C(=O)N(C)[C@H](CC(C)C)C(=O)N(C)C(C(C)C)C(=O)N1C. The van der Waals surface area contributed by atoms with Gasteiger partial charge in [0.15, 0.2) is 0 Å². The highest BCUT2D eigenvalue weighted by Gasteiger charge is 2.45. The van der Waals surface area contributed by atoms with Crippen LogP contribution in [0.5, 0.6) is 0 Å². The largest absolute Gasteiger partial charge is 0.390 e. The van der Waals surface area contributed by atoms with E-state index in [1.165, 1.54) is 87.7 Å². The molecule has 23 nitrogen and oxygen atoms in total. The van der Waals surface area contributed by atoms with Crippen LogP contribution in [0.4, 0.5) is 0 Å². The fraction of sp³-hybridized carbons (Fsp3) is 0.790. The number of amides is 11. The van der Waals surface area contributed by atoms with Crippen molar-refractivity contribution < 1.29 is 57.8 Å². The zero-order valence-corrected chi connectivity index (χ0v) is 56.1. The Labute approximate surface area is 508 Å². The average Bonchev–Trinajstić information content (AvgIpc) is 3.62. The molecule has 1 fully saturated rings. The van der Waals surface area contributed by atoms with Gasteiger partial charge in [-0.3, -0.25) is 52.7 Å². The molecule has 5 N–H and O–H groups in total. The Morgan fingerprint density at radius 1 is 0.459 bits per heavy atom. The lowest BCUT2D eigenvalue weighted by Gasteiger charge is -2.41. The second kappa shape index (κ2) is 34.9. The molecule has 11 amide bonds. The molecule has 0 aromatic carbocycles. The maximum atomic E-state index is 15.1. The number of allylic oxidation sites excluding steroid dienone is 2. The number of carbonyl (C=O) groups is 11. The van der Waals surface area contributed by atoms with Gasteiger partial charge in [0.05, 0.1) is 12.6 Å². The molecular formula is C62H111N11O12. The maximum absolute atomic E-state index is 15.1. The van der Waals surface area contributed by atoms with Gasteiger partial charge in [0.2, 0.25) is 65.0 Å². The summed E-state index contributed by atoms with van der Waals surface area (Å²) in [5.41, 5.74) is 0. The maximum Gasteiger partial charge on any atom is 0.246 e. The Morgan fingerprint density at radius 3 is 1.32 bits per heavy atom. The molecule has 0 aromatic rings. The van der Waals surface area contributed by atoms with Crippen LogP contribution >= 0.6 is 0 Å². The van der Waals surface area contributed by atoms with Crippen LogP contribution in [0, 0.1) is 41.4 Å². The molecule has 0 bridgehead atoms. The van der Waals surface area contributed by atoms with Crippen molar-refractivity contribution in [1.82, 2.24) is 55.6 Å². The molecule has 23 heteroatoms. The van der Waals surface area contributed by atoms with E-state index in [4.69, 9.17) is 0 Å². The lowest BCUT2D eigenvalue weighted by molar-refractivity contribution is -0.157. The molecule has 1 aliphatic heterocycles. The monoisotopic (exact) mass is 1200 g/mol. The molecular weight excluding hydrogens is 1090 g/mol. The average molecular weight is 1200 g/mol. The molecule has 0 aliphatic carbocycles. The van der Waals surface area contributed by atoms with Gasteiger partial charge in [0.1, 0.15) is 60.4 Å². The van der Waals surface area contributed by atoms with E-state index >= 15 is 9.59 Å². The zero-order chi connectivity index (χ0) is 66.0. The Hall–Kier alpha value is -6.13. The van der Waals surface area contributed by atoms with Gasteiger partial charge in [0, 0.05) is 49.3 Å². The van der Waals surface area contributed by atoms with Crippen molar-refractivity contribution in [2.24, 2.45) is 41.4 Å². The van der Waals surface area contributed by atoms with Crippen molar-refractivity contribution in [3.8, 4) is 0 Å². The molecule has 486 valence electrons. The van der Waals surface area contributed by atoms with Gasteiger partial charge < -0.3 is 60.7 Å². The number of nitrogens with zero attached hydrogens (tertiary/aromatic N) is 7. The number of carbonyl (C=O) groups excluding carboxylic acids is 11. The number of rotatable bonds is 15. The van der Waals surface area contributed by atoms with Gasteiger partial charge in [-0.05, 0) is 101 Å². The van der Waals surface area contributed by atoms with Crippen molar-refractivity contribution in [1.29, 1.82) is 0 Å². The number of aliphatic hydroxyl groups excluding tert-OH is 1. The molecule has 0 spiro atoms. The molecule has 12 atom stereocenters. The predicted molar refractivity (Wildman–Crippen MR) is 328 cm³/mol. The first kappa shape index (κ1) is 76.9. The first-order valence-corrected chi connectivity index (χ1v) is 30.6. The first-order chi connectivity index (χ1) is 39.2. The second-order valence-electron chi connectivity index (χ2n) is 26.1.